The van der Waals surface area contributed by atoms with Crippen LogP contribution in [0.25, 0.3) is 0 Å². The lowest BCUT2D eigenvalue weighted by Crippen LogP contribution is -2.32. The van der Waals surface area contributed by atoms with Gasteiger partial charge in [-0.1, -0.05) is 43.3 Å². The molecule has 0 bridgehead atoms. The molecule has 1 heterocycles. The molecule has 3 N–H and O–H groups in total. The summed E-state index contributed by atoms with van der Waals surface area (Å²) in [5, 5.41) is 2.79. The van der Waals surface area contributed by atoms with Crippen molar-refractivity contribution in [2.24, 2.45) is 5.73 Å². The third kappa shape index (κ3) is 4.42. The Morgan fingerprint density at radius 2 is 1.85 bits per heavy atom. The number of rotatable bonds is 4. The Morgan fingerprint density at radius 1 is 1.12 bits per heavy atom. The summed E-state index contributed by atoms with van der Waals surface area (Å²) in [6.45, 7) is 2.93. The van der Waals surface area contributed by atoms with Crippen LogP contribution in [0, 0.1) is 0 Å². The normalized spacial score (nSPS) is 18.9. The molecular weight excluding hydrogens is 350 g/mol. The van der Waals surface area contributed by atoms with Gasteiger partial charge in [-0.2, -0.15) is 0 Å². The number of nitrogens with one attached hydrogen (secondary N) is 1. The van der Waals surface area contributed by atoms with E-state index in [0.29, 0.717) is 30.8 Å². The van der Waals surface area contributed by atoms with Crippen molar-refractivity contribution < 1.29 is 9.59 Å². The summed E-state index contributed by atoms with van der Waals surface area (Å²) in [5.41, 5.74) is 8.65. The molecule has 2 aromatic rings. The van der Waals surface area contributed by atoms with Crippen LogP contribution in [-0.2, 0) is 4.79 Å². The first-order valence-corrected chi connectivity index (χ1v) is 8.58. The third-order valence-corrected chi connectivity index (χ3v) is 4.59. The molecule has 1 fully saturated rings. The fraction of sp³-hybridized carbons (Fsp3) is 0.300. The van der Waals surface area contributed by atoms with E-state index in [4.69, 9.17) is 5.73 Å². The van der Waals surface area contributed by atoms with Crippen molar-refractivity contribution in [1.82, 2.24) is 4.90 Å². The van der Waals surface area contributed by atoms with Gasteiger partial charge in [0.1, 0.15) is 0 Å². The highest BCUT2D eigenvalue weighted by Crippen LogP contribution is 2.27. The van der Waals surface area contributed by atoms with E-state index < -0.39 is 0 Å². The quantitative estimate of drug-likeness (QED) is 0.864. The van der Waals surface area contributed by atoms with Gasteiger partial charge >= 0.3 is 0 Å². The molecular formula is C20H24ClN3O2. The van der Waals surface area contributed by atoms with E-state index in [1.807, 2.05) is 18.2 Å². The highest BCUT2D eigenvalue weighted by molar-refractivity contribution is 5.97. The maximum absolute atomic E-state index is 12.8. The third-order valence-electron chi connectivity index (χ3n) is 4.59. The topological polar surface area (TPSA) is 75.4 Å². The Hall–Kier alpha value is -2.37. The van der Waals surface area contributed by atoms with Crippen molar-refractivity contribution >= 4 is 29.9 Å². The molecule has 138 valence electrons. The van der Waals surface area contributed by atoms with E-state index in [2.05, 4.69) is 17.4 Å². The zero-order valence-electron chi connectivity index (χ0n) is 14.7. The fourth-order valence-electron chi connectivity index (χ4n) is 3.21. The molecule has 2 aromatic carbocycles. The van der Waals surface area contributed by atoms with Gasteiger partial charge in [0.15, 0.2) is 0 Å². The zero-order valence-corrected chi connectivity index (χ0v) is 15.5. The number of carbonyl (C=O) groups is 2. The Morgan fingerprint density at radius 3 is 2.54 bits per heavy atom. The molecule has 0 radical (unpaired) electrons. The largest absolute Gasteiger partial charge is 0.336 e. The highest BCUT2D eigenvalue weighted by atomic mass is 35.5. The summed E-state index contributed by atoms with van der Waals surface area (Å²) in [7, 11) is 0. The minimum atomic E-state index is -0.0747. The second kappa shape index (κ2) is 8.83. The number of nitrogens with zero attached hydrogens (tertiary/aromatic N) is 1. The van der Waals surface area contributed by atoms with Crippen LogP contribution in [-0.4, -0.2) is 35.8 Å². The Balaban J connectivity index is 0.00000243. The van der Waals surface area contributed by atoms with Crippen molar-refractivity contribution in [2.75, 3.05) is 18.4 Å². The molecule has 0 aromatic heterocycles. The first-order chi connectivity index (χ1) is 12.1. The van der Waals surface area contributed by atoms with E-state index in [1.54, 1.807) is 36.1 Å². The number of carbonyl (C=O) groups excluding carboxylic acids is 2. The van der Waals surface area contributed by atoms with E-state index >= 15 is 0 Å². The van der Waals surface area contributed by atoms with Gasteiger partial charge in [0.25, 0.3) is 5.91 Å². The fourth-order valence-corrected chi connectivity index (χ4v) is 3.21. The Kier molecular flexibility index (Phi) is 6.77. The summed E-state index contributed by atoms with van der Waals surface area (Å²) in [5.74, 6) is 0.0199. The van der Waals surface area contributed by atoms with Crippen molar-refractivity contribution in [3.63, 3.8) is 0 Å². The Labute approximate surface area is 160 Å². The molecule has 3 rings (SSSR count). The van der Waals surface area contributed by atoms with Gasteiger partial charge in [0, 0.05) is 42.7 Å². The second-order valence-corrected chi connectivity index (χ2v) is 6.37. The molecule has 1 aliphatic rings. The maximum atomic E-state index is 12.8. The summed E-state index contributed by atoms with van der Waals surface area (Å²) in [4.78, 5) is 26.2. The van der Waals surface area contributed by atoms with Crippen LogP contribution in [0.1, 0.15) is 35.2 Å². The predicted octanol–water partition coefficient (Wildman–Crippen LogP) is 3.02. The van der Waals surface area contributed by atoms with E-state index in [0.717, 1.165) is 5.56 Å². The number of nitrogens with two attached hydrogens (primary N) is 1. The maximum Gasteiger partial charge on any atom is 0.254 e. The van der Waals surface area contributed by atoms with E-state index in [1.165, 1.54) is 0 Å². The summed E-state index contributed by atoms with van der Waals surface area (Å²) in [6.07, 6.45) is 0.401. The van der Waals surface area contributed by atoms with Crippen LogP contribution < -0.4 is 11.1 Å². The summed E-state index contributed by atoms with van der Waals surface area (Å²) in [6, 6.07) is 17.0. The van der Waals surface area contributed by atoms with Crippen LogP contribution >= 0.6 is 12.4 Å². The van der Waals surface area contributed by atoms with Crippen molar-refractivity contribution in [2.45, 2.75) is 25.3 Å². The average molecular weight is 374 g/mol. The number of halogens is 1. The number of anilines is 1. The van der Waals surface area contributed by atoms with E-state index in [-0.39, 0.29) is 36.2 Å². The number of hydrogen-bond donors (Lipinski definition) is 2. The number of benzene rings is 2. The molecule has 0 aliphatic carbocycles. The molecule has 2 amide bonds. The standard InChI is InChI=1S/C20H23N3O2.ClH/c1-2-19(24)22-16-10-6-9-15(11-16)20(25)23-12-17(18(21)13-23)14-7-4-3-5-8-14;/h3-11,17-18H,2,12-13,21H2,1H3,(H,22,24);1H/t17-,18+;/m0./s1. The van der Waals surface area contributed by atoms with Crippen molar-refractivity contribution in [3.8, 4) is 0 Å². The van der Waals surface area contributed by atoms with E-state index in [9.17, 15) is 9.59 Å². The predicted molar refractivity (Wildman–Crippen MR) is 106 cm³/mol. The lowest BCUT2D eigenvalue weighted by molar-refractivity contribution is -0.115. The number of amides is 2. The van der Waals surface area contributed by atoms with Gasteiger partial charge in [-0.05, 0) is 23.8 Å². The minimum absolute atomic E-state index is 0. The lowest BCUT2D eigenvalue weighted by Gasteiger charge is -2.17. The van der Waals surface area contributed by atoms with Crippen molar-refractivity contribution in [1.29, 1.82) is 0 Å². The highest BCUT2D eigenvalue weighted by Gasteiger charge is 2.34. The first kappa shape index (κ1) is 19.9. The summed E-state index contributed by atoms with van der Waals surface area (Å²) >= 11 is 0. The monoisotopic (exact) mass is 373 g/mol. The molecule has 2 atom stereocenters. The smallest absolute Gasteiger partial charge is 0.254 e. The van der Waals surface area contributed by atoms with Gasteiger partial charge < -0.3 is 16.0 Å². The molecule has 6 heteroatoms. The molecule has 5 nitrogen and oxygen atoms in total. The number of likely N-dealkylation sites (tertiary alicyclic amines) is 1. The van der Waals surface area contributed by atoms with Gasteiger partial charge in [0.05, 0.1) is 0 Å². The van der Waals surface area contributed by atoms with Gasteiger partial charge in [-0.15, -0.1) is 12.4 Å². The molecule has 26 heavy (non-hydrogen) atoms. The molecule has 0 saturated carbocycles. The van der Waals surface area contributed by atoms with Gasteiger partial charge in [0.2, 0.25) is 5.91 Å². The zero-order chi connectivity index (χ0) is 17.8. The lowest BCUT2D eigenvalue weighted by atomic mass is 9.95. The van der Waals surface area contributed by atoms with Crippen LogP contribution in [0.3, 0.4) is 0 Å². The van der Waals surface area contributed by atoms with Gasteiger partial charge in [-0.3, -0.25) is 9.59 Å². The van der Waals surface area contributed by atoms with Crippen molar-refractivity contribution in [3.05, 3.63) is 65.7 Å². The molecule has 0 unspecified atom stereocenters. The molecule has 0 spiro atoms. The van der Waals surface area contributed by atoms with Crippen LogP contribution in [0.15, 0.2) is 54.6 Å². The SMILES string of the molecule is CCC(=O)Nc1cccc(C(=O)N2C[C@@H](N)[C@H](c3ccccc3)C2)c1.Cl. The average Bonchev–Trinajstić information content (AvgIpc) is 3.03. The van der Waals surface area contributed by atoms with Crippen LogP contribution in [0.2, 0.25) is 0 Å². The first-order valence-electron chi connectivity index (χ1n) is 8.58. The summed E-state index contributed by atoms with van der Waals surface area (Å²) < 4.78 is 0. The van der Waals surface area contributed by atoms with Crippen LogP contribution in [0.4, 0.5) is 5.69 Å². The number of hydrogen-bond acceptors (Lipinski definition) is 3. The Bertz CT molecular complexity index is 767. The van der Waals surface area contributed by atoms with Gasteiger partial charge in [-0.25, -0.2) is 0 Å². The second-order valence-electron chi connectivity index (χ2n) is 6.37. The minimum Gasteiger partial charge on any atom is -0.336 e. The molecule has 1 aliphatic heterocycles. The van der Waals surface area contributed by atoms with Crippen LogP contribution in [0.5, 0.6) is 0 Å². The molecule has 1 saturated heterocycles.